The average molecular weight is 264 g/mol. The number of aromatic nitrogens is 2. The lowest BCUT2D eigenvalue weighted by atomic mass is 9.98. The number of benzene rings is 2. The van der Waals surface area contributed by atoms with Crippen LogP contribution in [0.4, 0.5) is 0 Å². The molecule has 3 aromatic rings. The largest absolute Gasteiger partial charge is 0.330 e. The van der Waals surface area contributed by atoms with Crippen molar-refractivity contribution >= 4 is 16.6 Å². The number of imidazole rings is 1. The third-order valence-electron chi connectivity index (χ3n) is 3.54. The van der Waals surface area contributed by atoms with Gasteiger partial charge in [0.15, 0.2) is 5.78 Å². The van der Waals surface area contributed by atoms with Gasteiger partial charge in [0.25, 0.3) is 0 Å². The van der Waals surface area contributed by atoms with E-state index in [0.29, 0.717) is 6.54 Å². The van der Waals surface area contributed by atoms with Crippen LogP contribution in [0.1, 0.15) is 22.8 Å². The Labute approximate surface area is 117 Å². The van der Waals surface area contributed by atoms with Gasteiger partial charge in [-0.25, -0.2) is 4.98 Å². The third kappa shape index (κ3) is 2.35. The smallest absolute Gasteiger partial charge is 0.183 e. The minimum Gasteiger partial charge on any atom is -0.330 e. The lowest BCUT2D eigenvalue weighted by Crippen LogP contribution is -2.09. The van der Waals surface area contributed by atoms with Gasteiger partial charge in [-0.2, -0.15) is 0 Å². The van der Waals surface area contributed by atoms with E-state index in [-0.39, 0.29) is 5.78 Å². The summed E-state index contributed by atoms with van der Waals surface area (Å²) in [6, 6.07) is 12.2. The highest BCUT2D eigenvalue weighted by Crippen LogP contribution is 2.21. The molecule has 0 atom stereocenters. The highest BCUT2D eigenvalue weighted by atomic mass is 16.1. The Kier molecular flexibility index (Phi) is 3.33. The van der Waals surface area contributed by atoms with Crippen LogP contribution >= 0.6 is 0 Å². The van der Waals surface area contributed by atoms with Crippen molar-refractivity contribution in [3.8, 4) is 0 Å². The van der Waals surface area contributed by atoms with Crippen LogP contribution in [0.2, 0.25) is 0 Å². The quantitative estimate of drug-likeness (QED) is 0.676. The SMILES string of the molecule is CCc1ccc2cccc(C(=O)Cn3ccnc3)c2c1. The topological polar surface area (TPSA) is 34.9 Å². The van der Waals surface area contributed by atoms with E-state index in [4.69, 9.17) is 0 Å². The molecule has 0 amide bonds. The molecular weight excluding hydrogens is 248 g/mol. The zero-order valence-corrected chi connectivity index (χ0v) is 11.4. The molecule has 0 N–H and O–H groups in total. The molecule has 0 aliphatic carbocycles. The van der Waals surface area contributed by atoms with Crippen LogP contribution in [-0.4, -0.2) is 15.3 Å². The molecule has 0 bridgehead atoms. The number of fused-ring (bicyclic) bond motifs is 1. The lowest BCUT2D eigenvalue weighted by Gasteiger charge is -2.08. The number of carbonyl (C=O) groups is 1. The maximum absolute atomic E-state index is 12.5. The minimum atomic E-state index is 0.113. The van der Waals surface area contributed by atoms with E-state index in [9.17, 15) is 4.79 Å². The number of hydrogen-bond donors (Lipinski definition) is 0. The second-order valence-electron chi connectivity index (χ2n) is 4.87. The maximum Gasteiger partial charge on any atom is 0.183 e. The van der Waals surface area contributed by atoms with Gasteiger partial charge in [0.2, 0.25) is 0 Å². The lowest BCUT2D eigenvalue weighted by molar-refractivity contribution is 0.0973. The Morgan fingerprint density at radius 3 is 2.90 bits per heavy atom. The number of Topliss-reactive ketones (excluding diaryl/α,β-unsaturated/α-hetero) is 1. The number of aryl methyl sites for hydroxylation is 1. The van der Waals surface area contributed by atoms with Crippen molar-refractivity contribution in [3.05, 3.63) is 66.2 Å². The Morgan fingerprint density at radius 2 is 2.15 bits per heavy atom. The first-order chi connectivity index (χ1) is 9.78. The molecule has 0 saturated carbocycles. The minimum absolute atomic E-state index is 0.113. The molecule has 0 aliphatic rings. The summed E-state index contributed by atoms with van der Waals surface area (Å²) in [7, 11) is 0. The van der Waals surface area contributed by atoms with Crippen molar-refractivity contribution in [1.29, 1.82) is 0 Å². The highest BCUT2D eigenvalue weighted by Gasteiger charge is 2.10. The average Bonchev–Trinajstić information content (AvgIpc) is 2.98. The fourth-order valence-electron chi connectivity index (χ4n) is 2.41. The molecule has 1 aromatic heterocycles. The second kappa shape index (κ2) is 5.29. The van der Waals surface area contributed by atoms with Crippen molar-refractivity contribution < 1.29 is 4.79 Å². The van der Waals surface area contributed by atoms with Crippen LogP contribution in [0.25, 0.3) is 10.8 Å². The van der Waals surface area contributed by atoms with E-state index in [1.165, 1.54) is 5.56 Å². The summed E-state index contributed by atoms with van der Waals surface area (Å²) in [5.74, 6) is 0.113. The van der Waals surface area contributed by atoms with Crippen LogP contribution < -0.4 is 0 Å². The van der Waals surface area contributed by atoms with E-state index in [0.717, 1.165) is 22.8 Å². The van der Waals surface area contributed by atoms with Crippen molar-refractivity contribution in [2.24, 2.45) is 0 Å². The van der Waals surface area contributed by atoms with Gasteiger partial charge in [0.05, 0.1) is 12.9 Å². The second-order valence-corrected chi connectivity index (χ2v) is 4.87. The molecule has 0 radical (unpaired) electrons. The molecule has 1 heterocycles. The third-order valence-corrected chi connectivity index (χ3v) is 3.54. The van der Waals surface area contributed by atoms with Crippen LogP contribution in [0, 0.1) is 0 Å². The molecule has 100 valence electrons. The molecule has 0 aliphatic heterocycles. The molecule has 0 saturated heterocycles. The number of hydrogen-bond acceptors (Lipinski definition) is 2. The predicted octanol–water partition coefficient (Wildman–Crippen LogP) is 3.48. The maximum atomic E-state index is 12.5. The first kappa shape index (κ1) is 12.6. The Balaban J connectivity index is 2.03. The molecule has 3 rings (SSSR count). The van der Waals surface area contributed by atoms with E-state index in [2.05, 4.69) is 30.1 Å². The monoisotopic (exact) mass is 264 g/mol. The molecule has 2 aromatic carbocycles. The van der Waals surface area contributed by atoms with Crippen LogP contribution in [0.3, 0.4) is 0 Å². The van der Waals surface area contributed by atoms with Gasteiger partial charge >= 0.3 is 0 Å². The Morgan fingerprint density at radius 1 is 1.25 bits per heavy atom. The molecule has 0 fully saturated rings. The van der Waals surface area contributed by atoms with Gasteiger partial charge in [0.1, 0.15) is 0 Å². The van der Waals surface area contributed by atoms with Crippen molar-refractivity contribution in [1.82, 2.24) is 9.55 Å². The molecule has 0 spiro atoms. The molecule has 3 nitrogen and oxygen atoms in total. The van der Waals surface area contributed by atoms with Crippen LogP contribution in [0.15, 0.2) is 55.1 Å². The summed E-state index contributed by atoms with van der Waals surface area (Å²) in [6.45, 7) is 2.45. The van der Waals surface area contributed by atoms with Crippen molar-refractivity contribution in [2.45, 2.75) is 19.9 Å². The fourth-order valence-corrected chi connectivity index (χ4v) is 2.41. The number of rotatable bonds is 4. The Bertz CT molecular complexity index is 745. The summed E-state index contributed by atoms with van der Waals surface area (Å²) < 4.78 is 1.80. The van der Waals surface area contributed by atoms with Gasteiger partial charge in [-0.15, -0.1) is 0 Å². The predicted molar refractivity (Wildman–Crippen MR) is 79.9 cm³/mol. The molecular formula is C17H16N2O. The van der Waals surface area contributed by atoms with Gasteiger partial charge in [-0.05, 0) is 22.8 Å². The van der Waals surface area contributed by atoms with E-state index < -0.39 is 0 Å². The zero-order valence-electron chi connectivity index (χ0n) is 11.4. The summed E-state index contributed by atoms with van der Waals surface area (Å²) in [5.41, 5.74) is 2.03. The van der Waals surface area contributed by atoms with Crippen molar-refractivity contribution in [2.75, 3.05) is 0 Å². The van der Waals surface area contributed by atoms with Gasteiger partial charge in [-0.3, -0.25) is 4.79 Å². The number of carbonyl (C=O) groups excluding carboxylic acids is 1. The first-order valence-corrected chi connectivity index (χ1v) is 6.78. The fraction of sp³-hybridized carbons (Fsp3) is 0.176. The highest BCUT2D eigenvalue weighted by molar-refractivity contribution is 6.08. The molecule has 20 heavy (non-hydrogen) atoms. The van der Waals surface area contributed by atoms with Crippen LogP contribution in [0.5, 0.6) is 0 Å². The zero-order chi connectivity index (χ0) is 13.9. The van der Waals surface area contributed by atoms with Gasteiger partial charge in [-0.1, -0.05) is 43.3 Å². The summed E-state index contributed by atoms with van der Waals surface area (Å²) in [4.78, 5) is 16.4. The van der Waals surface area contributed by atoms with Gasteiger partial charge in [0, 0.05) is 18.0 Å². The standard InChI is InChI=1S/C17H16N2O/c1-2-13-6-7-14-4-3-5-15(16(14)10-13)17(20)11-19-9-8-18-12-19/h3-10,12H,2,11H2,1H3. The number of nitrogens with zero attached hydrogens (tertiary/aromatic N) is 2. The summed E-state index contributed by atoms with van der Waals surface area (Å²) >= 11 is 0. The normalized spacial score (nSPS) is 10.8. The molecule has 3 heteroatoms. The Hall–Kier alpha value is -2.42. The van der Waals surface area contributed by atoms with E-state index >= 15 is 0 Å². The van der Waals surface area contributed by atoms with Crippen molar-refractivity contribution in [3.63, 3.8) is 0 Å². The summed E-state index contributed by atoms with van der Waals surface area (Å²) in [6.07, 6.45) is 6.13. The summed E-state index contributed by atoms with van der Waals surface area (Å²) in [5, 5.41) is 2.15. The van der Waals surface area contributed by atoms with E-state index in [1.54, 1.807) is 23.3 Å². The van der Waals surface area contributed by atoms with Gasteiger partial charge < -0.3 is 4.57 Å². The molecule has 0 unspecified atom stereocenters. The van der Waals surface area contributed by atoms with E-state index in [1.807, 2.05) is 18.2 Å². The number of ketones is 1. The van der Waals surface area contributed by atoms with Crippen LogP contribution in [-0.2, 0) is 13.0 Å². The first-order valence-electron chi connectivity index (χ1n) is 6.78.